The lowest BCUT2D eigenvalue weighted by Gasteiger charge is -2.43. The lowest BCUT2D eigenvalue weighted by Crippen LogP contribution is -2.59. The van der Waals surface area contributed by atoms with Crippen LogP contribution in [0, 0.1) is 5.92 Å². The second kappa shape index (κ2) is 5.16. The van der Waals surface area contributed by atoms with E-state index in [-0.39, 0.29) is 17.2 Å². The number of aliphatic hydroxyl groups excluding tert-OH is 1. The van der Waals surface area contributed by atoms with Crippen LogP contribution in [0.4, 0.5) is 0 Å². The van der Waals surface area contributed by atoms with Crippen molar-refractivity contribution in [3.05, 3.63) is 9.93 Å². The minimum absolute atomic E-state index is 0.0891. The third kappa shape index (κ3) is 2.09. The number of β-lactam (4-membered cyclic amide) rings is 1. The number of hydrogen-bond acceptors (Lipinski definition) is 6. The van der Waals surface area contributed by atoms with Crippen molar-refractivity contribution in [3.8, 4) is 0 Å². The van der Waals surface area contributed by atoms with E-state index in [9.17, 15) is 9.90 Å². The van der Waals surface area contributed by atoms with Crippen LogP contribution in [0.25, 0.3) is 0 Å². The van der Waals surface area contributed by atoms with Gasteiger partial charge in [0.05, 0.1) is 16.3 Å². The van der Waals surface area contributed by atoms with Crippen molar-refractivity contribution >= 4 is 29.4 Å². The monoisotopic (exact) mass is 327 g/mol. The summed E-state index contributed by atoms with van der Waals surface area (Å²) in [6.07, 6.45) is 0.677. The first-order valence-corrected chi connectivity index (χ1v) is 9.34. The molecule has 0 aromatic carbocycles. The van der Waals surface area contributed by atoms with Crippen LogP contribution < -0.4 is 5.32 Å². The SMILES string of the molecule is CC1=C(SC2CCN3CNCC23)SC2C(C(C)O)C(=O)N12. The summed E-state index contributed by atoms with van der Waals surface area (Å²) in [5, 5.41) is 14.0. The average Bonchev–Trinajstić information content (AvgIpc) is 3.05. The molecule has 4 rings (SSSR count). The fraction of sp³-hybridized carbons (Fsp3) is 0.786. The van der Waals surface area contributed by atoms with Gasteiger partial charge < -0.3 is 15.3 Å². The van der Waals surface area contributed by atoms with Crippen LogP contribution in [-0.2, 0) is 4.79 Å². The first-order chi connectivity index (χ1) is 10.1. The van der Waals surface area contributed by atoms with E-state index in [0.717, 1.165) is 18.9 Å². The molecule has 0 bridgehead atoms. The molecule has 0 spiro atoms. The van der Waals surface area contributed by atoms with Crippen LogP contribution in [0.1, 0.15) is 20.3 Å². The maximum Gasteiger partial charge on any atom is 0.236 e. The number of allylic oxidation sites excluding steroid dienone is 1. The lowest BCUT2D eigenvalue weighted by molar-refractivity contribution is -0.152. The molecule has 1 amide bonds. The molecule has 0 saturated carbocycles. The Hall–Kier alpha value is -0.210. The zero-order chi connectivity index (χ0) is 14.7. The number of fused-ring (bicyclic) bond motifs is 2. The second-order valence-corrected chi connectivity index (χ2v) is 8.93. The van der Waals surface area contributed by atoms with E-state index in [2.05, 4.69) is 10.2 Å². The van der Waals surface area contributed by atoms with Gasteiger partial charge >= 0.3 is 0 Å². The molecule has 4 aliphatic rings. The molecule has 0 aromatic rings. The van der Waals surface area contributed by atoms with E-state index in [1.165, 1.54) is 17.2 Å². The minimum Gasteiger partial charge on any atom is -0.392 e. The molecule has 5 atom stereocenters. The van der Waals surface area contributed by atoms with Gasteiger partial charge in [-0.1, -0.05) is 11.8 Å². The predicted octanol–water partition coefficient (Wildman–Crippen LogP) is 0.824. The molecule has 3 saturated heterocycles. The molecule has 0 radical (unpaired) electrons. The van der Waals surface area contributed by atoms with Crippen molar-refractivity contribution in [1.29, 1.82) is 0 Å². The smallest absolute Gasteiger partial charge is 0.236 e. The molecule has 4 aliphatic heterocycles. The van der Waals surface area contributed by atoms with Crippen molar-refractivity contribution in [3.63, 3.8) is 0 Å². The number of carbonyl (C=O) groups excluding carboxylic acids is 1. The molecule has 2 N–H and O–H groups in total. The van der Waals surface area contributed by atoms with Gasteiger partial charge in [-0.05, 0) is 20.3 Å². The number of rotatable bonds is 3. The number of hydrogen-bond donors (Lipinski definition) is 2. The fourth-order valence-corrected chi connectivity index (χ4v) is 7.22. The molecule has 0 aliphatic carbocycles. The topological polar surface area (TPSA) is 55.8 Å². The van der Waals surface area contributed by atoms with Crippen LogP contribution in [-0.4, -0.2) is 63.3 Å². The Labute approximate surface area is 133 Å². The standard InChI is InChI=1S/C14H21N3O2S2/c1-7-14(20-10-3-4-16-6-15-5-9(10)16)21-13-11(8(2)18)12(19)17(7)13/h8-11,13,15,18H,3-6H2,1-2H3. The highest BCUT2D eigenvalue weighted by atomic mass is 32.2. The molecular formula is C14H21N3O2S2. The maximum absolute atomic E-state index is 12.2. The molecule has 116 valence electrons. The highest BCUT2D eigenvalue weighted by Gasteiger charge is 2.55. The second-order valence-electron chi connectivity index (χ2n) is 6.29. The number of nitrogens with one attached hydrogen (secondary N) is 1. The number of amides is 1. The van der Waals surface area contributed by atoms with E-state index in [1.807, 2.05) is 23.6 Å². The van der Waals surface area contributed by atoms with Crippen molar-refractivity contribution in [1.82, 2.24) is 15.1 Å². The first-order valence-electron chi connectivity index (χ1n) is 7.58. The normalized spacial score (nSPS) is 40.5. The molecular weight excluding hydrogens is 306 g/mol. The van der Waals surface area contributed by atoms with Crippen molar-refractivity contribution in [2.24, 2.45) is 5.92 Å². The number of nitrogens with zero attached hydrogens (tertiary/aromatic N) is 2. The molecule has 7 heteroatoms. The number of carbonyl (C=O) groups is 1. The third-order valence-electron chi connectivity index (χ3n) is 5.01. The average molecular weight is 327 g/mol. The molecule has 3 fully saturated rings. The summed E-state index contributed by atoms with van der Waals surface area (Å²) in [6.45, 7) is 7.04. The van der Waals surface area contributed by atoms with Gasteiger partial charge in [-0.3, -0.25) is 9.69 Å². The van der Waals surface area contributed by atoms with E-state index in [1.54, 1.807) is 18.7 Å². The van der Waals surface area contributed by atoms with Gasteiger partial charge in [-0.15, -0.1) is 11.8 Å². The van der Waals surface area contributed by atoms with Gasteiger partial charge in [-0.25, -0.2) is 0 Å². The Bertz CT molecular complexity index is 510. The maximum atomic E-state index is 12.2. The highest BCUT2D eigenvalue weighted by molar-refractivity contribution is 8.23. The summed E-state index contributed by atoms with van der Waals surface area (Å²) >= 11 is 3.73. The predicted molar refractivity (Wildman–Crippen MR) is 85.5 cm³/mol. The Balaban J connectivity index is 1.47. The summed E-state index contributed by atoms with van der Waals surface area (Å²) in [7, 11) is 0. The summed E-state index contributed by atoms with van der Waals surface area (Å²) < 4.78 is 1.29. The Kier molecular flexibility index (Phi) is 3.54. The first kappa shape index (κ1) is 14.4. The largest absolute Gasteiger partial charge is 0.392 e. The molecule has 0 aromatic heterocycles. The lowest BCUT2D eigenvalue weighted by atomic mass is 9.92. The van der Waals surface area contributed by atoms with E-state index >= 15 is 0 Å². The van der Waals surface area contributed by atoms with Gasteiger partial charge in [0.25, 0.3) is 0 Å². The van der Waals surface area contributed by atoms with E-state index < -0.39 is 6.10 Å². The van der Waals surface area contributed by atoms with Crippen LogP contribution in [0.2, 0.25) is 0 Å². The summed E-state index contributed by atoms with van der Waals surface area (Å²) in [5.74, 6) is -0.137. The number of thioether (sulfide) groups is 2. The van der Waals surface area contributed by atoms with Crippen molar-refractivity contribution in [2.45, 2.75) is 43.0 Å². The van der Waals surface area contributed by atoms with Gasteiger partial charge in [0, 0.05) is 36.7 Å². The van der Waals surface area contributed by atoms with Crippen molar-refractivity contribution < 1.29 is 9.90 Å². The summed E-state index contributed by atoms with van der Waals surface area (Å²) in [5.41, 5.74) is 1.10. The van der Waals surface area contributed by atoms with Crippen LogP contribution in [0.5, 0.6) is 0 Å². The van der Waals surface area contributed by atoms with Crippen molar-refractivity contribution in [2.75, 3.05) is 19.8 Å². The Morgan fingerprint density at radius 3 is 3.10 bits per heavy atom. The minimum atomic E-state index is -0.551. The van der Waals surface area contributed by atoms with Crippen LogP contribution in [0.15, 0.2) is 9.93 Å². The van der Waals surface area contributed by atoms with E-state index in [0.29, 0.717) is 11.3 Å². The molecule has 21 heavy (non-hydrogen) atoms. The zero-order valence-corrected chi connectivity index (χ0v) is 13.9. The molecule has 4 heterocycles. The van der Waals surface area contributed by atoms with Gasteiger partial charge in [-0.2, -0.15) is 0 Å². The molecule has 5 unspecified atom stereocenters. The quantitative estimate of drug-likeness (QED) is 0.749. The highest BCUT2D eigenvalue weighted by Crippen LogP contribution is 2.55. The van der Waals surface area contributed by atoms with E-state index in [4.69, 9.17) is 0 Å². The summed E-state index contributed by atoms with van der Waals surface area (Å²) in [4.78, 5) is 16.6. The Morgan fingerprint density at radius 2 is 2.33 bits per heavy atom. The molecule has 5 nitrogen and oxygen atoms in total. The Morgan fingerprint density at radius 1 is 1.52 bits per heavy atom. The van der Waals surface area contributed by atoms with Gasteiger partial charge in [0.15, 0.2) is 0 Å². The van der Waals surface area contributed by atoms with Gasteiger partial charge in [0.2, 0.25) is 5.91 Å². The summed E-state index contributed by atoms with van der Waals surface area (Å²) in [6, 6.07) is 0.632. The fourth-order valence-electron chi connectivity index (χ4n) is 3.79. The van der Waals surface area contributed by atoms with Crippen LogP contribution in [0.3, 0.4) is 0 Å². The van der Waals surface area contributed by atoms with Gasteiger partial charge in [0.1, 0.15) is 5.37 Å². The van der Waals surface area contributed by atoms with Crippen LogP contribution >= 0.6 is 23.5 Å². The third-order valence-corrected chi connectivity index (χ3v) is 8.21. The zero-order valence-electron chi connectivity index (χ0n) is 12.3. The number of aliphatic hydroxyl groups is 1.